The molecule has 0 atom stereocenters. The second-order valence-corrected chi connectivity index (χ2v) is 8.51. The van der Waals surface area contributed by atoms with Crippen LogP contribution >= 0.6 is 11.3 Å². The van der Waals surface area contributed by atoms with Crippen LogP contribution in [0.3, 0.4) is 0 Å². The van der Waals surface area contributed by atoms with Crippen molar-refractivity contribution in [3.63, 3.8) is 0 Å². The summed E-state index contributed by atoms with van der Waals surface area (Å²) < 4.78 is 30.2. The summed E-state index contributed by atoms with van der Waals surface area (Å²) in [5.74, 6) is 0.638. The van der Waals surface area contributed by atoms with Crippen LogP contribution in [0.1, 0.15) is 22.4 Å². The third kappa shape index (κ3) is 3.89. The number of nitrogens with zero attached hydrogens (tertiary/aromatic N) is 1. The number of rotatable bonds is 5. The minimum atomic E-state index is -3.27. The number of benzene rings is 1. The zero-order chi connectivity index (χ0) is 16.4. The highest BCUT2D eigenvalue weighted by molar-refractivity contribution is 7.89. The van der Waals surface area contributed by atoms with Gasteiger partial charge in [-0.25, -0.2) is 13.4 Å². The summed E-state index contributed by atoms with van der Waals surface area (Å²) in [5.41, 5.74) is 3.47. The molecule has 0 radical (unpaired) electrons. The maximum atomic E-state index is 12.5. The van der Waals surface area contributed by atoms with Gasteiger partial charge < -0.3 is 4.42 Å². The van der Waals surface area contributed by atoms with Crippen LogP contribution in [0.4, 0.5) is 0 Å². The Morgan fingerprint density at radius 3 is 2.74 bits per heavy atom. The number of sulfone groups is 1. The fourth-order valence-electron chi connectivity index (χ4n) is 2.36. The van der Waals surface area contributed by atoms with Gasteiger partial charge in [-0.15, -0.1) is 11.3 Å². The average molecular weight is 347 g/mol. The van der Waals surface area contributed by atoms with E-state index in [0.29, 0.717) is 16.5 Å². The van der Waals surface area contributed by atoms with Gasteiger partial charge in [0.05, 0.1) is 23.5 Å². The van der Waals surface area contributed by atoms with Crippen molar-refractivity contribution in [1.82, 2.24) is 4.98 Å². The molecule has 3 aromatic rings. The Hall–Kier alpha value is -1.92. The maximum absolute atomic E-state index is 12.5. The zero-order valence-electron chi connectivity index (χ0n) is 12.9. The van der Waals surface area contributed by atoms with Gasteiger partial charge in [-0.05, 0) is 37.1 Å². The van der Waals surface area contributed by atoms with Gasteiger partial charge in [-0.1, -0.05) is 23.8 Å². The highest BCUT2D eigenvalue weighted by atomic mass is 32.2. The van der Waals surface area contributed by atoms with E-state index in [2.05, 4.69) is 4.98 Å². The molecule has 0 saturated heterocycles. The van der Waals surface area contributed by atoms with Crippen molar-refractivity contribution in [2.24, 2.45) is 0 Å². The first-order valence-electron chi connectivity index (χ1n) is 7.18. The summed E-state index contributed by atoms with van der Waals surface area (Å²) in [6, 6.07) is 9.47. The molecule has 120 valence electrons. The predicted molar refractivity (Wildman–Crippen MR) is 92.1 cm³/mol. The first-order chi connectivity index (χ1) is 10.9. The Morgan fingerprint density at radius 2 is 2.00 bits per heavy atom. The van der Waals surface area contributed by atoms with E-state index in [4.69, 9.17) is 4.42 Å². The summed E-state index contributed by atoms with van der Waals surface area (Å²) in [5, 5.41) is 2.48. The molecular formula is C17H17NO3S2. The van der Waals surface area contributed by atoms with E-state index in [0.717, 1.165) is 16.7 Å². The normalized spacial score (nSPS) is 11.7. The fourth-order valence-corrected chi connectivity index (χ4v) is 4.73. The van der Waals surface area contributed by atoms with Crippen LogP contribution in [0.2, 0.25) is 0 Å². The third-order valence-electron chi connectivity index (χ3n) is 3.53. The number of hydrogen-bond acceptors (Lipinski definition) is 5. The van der Waals surface area contributed by atoms with Crippen LogP contribution < -0.4 is 0 Å². The van der Waals surface area contributed by atoms with E-state index >= 15 is 0 Å². The molecule has 0 aliphatic rings. The fraction of sp³-hybridized carbons (Fsp3) is 0.235. The molecule has 2 heterocycles. The van der Waals surface area contributed by atoms with Gasteiger partial charge >= 0.3 is 0 Å². The summed E-state index contributed by atoms with van der Waals surface area (Å²) >= 11 is 1.39. The number of hydrogen-bond donors (Lipinski definition) is 0. The molecule has 6 heteroatoms. The topological polar surface area (TPSA) is 60.2 Å². The molecule has 1 aromatic carbocycles. The lowest BCUT2D eigenvalue weighted by Gasteiger charge is -2.07. The number of furan rings is 1. The Labute approximate surface area is 139 Å². The van der Waals surface area contributed by atoms with Gasteiger partial charge in [-0.2, -0.15) is 0 Å². The van der Waals surface area contributed by atoms with E-state index in [-0.39, 0.29) is 11.5 Å². The van der Waals surface area contributed by atoms with Crippen molar-refractivity contribution in [2.75, 3.05) is 0 Å². The molecule has 23 heavy (non-hydrogen) atoms. The summed E-state index contributed by atoms with van der Waals surface area (Å²) in [7, 11) is -3.27. The molecule has 0 bridgehead atoms. The monoisotopic (exact) mass is 347 g/mol. The minimum Gasteiger partial charge on any atom is -0.462 e. The summed E-state index contributed by atoms with van der Waals surface area (Å²) in [6.07, 6.45) is 1.58. The van der Waals surface area contributed by atoms with Crippen LogP contribution in [0.5, 0.6) is 0 Å². The molecule has 0 aliphatic carbocycles. The van der Waals surface area contributed by atoms with Gasteiger partial charge in [-0.3, -0.25) is 0 Å². The van der Waals surface area contributed by atoms with Gasteiger partial charge in [0, 0.05) is 5.38 Å². The molecule has 0 unspecified atom stereocenters. The van der Waals surface area contributed by atoms with Crippen molar-refractivity contribution in [3.05, 3.63) is 64.4 Å². The quantitative estimate of drug-likeness (QED) is 0.696. The van der Waals surface area contributed by atoms with Crippen molar-refractivity contribution in [1.29, 1.82) is 0 Å². The Bertz CT molecular complexity index is 909. The zero-order valence-corrected chi connectivity index (χ0v) is 14.6. The molecule has 4 nitrogen and oxygen atoms in total. The lowest BCUT2D eigenvalue weighted by Crippen LogP contribution is -2.09. The van der Waals surface area contributed by atoms with E-state index in [1.54, 1.807) is 17.7 Å². The van der Waals surface area contributed by atoms with E-state index in [9.17, 15) is 8.42 Å². The Balaban J connectivity index is 1.77. The SMILES string of the molecule is Cc1ccc(C)c(CS(=O)(=O)Cc2csc(-c3ccco3)n2)c1. The van der Waals surface area contributed by atoms with Crippen LogP contribution in [0, 0.1) is 13.8 Å². The lowest BCUT2D eigenvalue weighted by molar-refractivity contribution is 0.581. The smallest absolute Gasteiger partial charge is 0.162 e. The highest BCUT2D eigenvalue weighted by Crippen LogP contribution is 2.25. The molecule has 0 fully saturated rings. The van der Waals surface area contributed by atoms with Crippen LogP contribution in [0.15, 0.2) is 46.4 Å². The Kier molecular flexibility index (Phi) is 4.37. The van der Waals surface area contributed by atoms with E-state index in [1.165, 1.54) is 11.3 Å². The molecular weight excluding hydrogens is 330 g/mol. The average Bonchev–Trinajstić information content (AvgIpc) is 3.12. The van der Waals surface area contributed by atoms with Gasteiger partial charge in [0.1, 0.15) is 0 Å². The number of aromatic nitrogens is 1. The van der Waals surface area contributed by atoms with E-state index < -0.39 is 9.84 Å². The highest BCUT2D eigenvalue weighted by Gasteiger charge is 2.17. The Morgan fingerprint density at radius 1 is 1.17 bits per heavy atom. The van der Waals surface area contributed by atoms with Gasteiger partial charge in [0.25, 0.3) is 0 Å². The van der Waals surface area contributed by atoms with Crippen molar-refractivity contribution >= 4 is 21.2 Å². The van der Waals surface area contributed by atoms with Crippen molar-refractivity contribution in [3.8, 4) is 10.8 Å². The third-order valence-corrected chi connectivity index (χ3v) is 5.92. The standard InChI is InChI=1S/C17H17NO3S2/c1-12-5-6-13(2)14(8-12)10-23(19,20)11-15-9-22-17(18-15)16-4-3-7-21-16/h3-9H,10-11H2,1-2H3. The van der Waals surface area contributed by atoms with Crippen molar-refractivity contribution in [2.45, 2.75) is 25.4 Å². The van der Waals surface area contributed by atoms with Crippen LogP contribution in [-0.2, 0) is 21.3 Å². The number of thiazole rings is 1. The molecule has 0 amide bonds. The molecule has 2 aromatic heterocycles. The maximum Gasteiger partial charge on any atom is 0.162 e. The second kappa shape index (κ2) is 6.29. The van der Waals surface area contributed by atoms with Crippen LogP contribution in [0.25, 0.3) is 10.8 Å². The van der Waals surface area contributed by atoms with Gasteiger partial charge in [0.15, 0.2) is 20.6 Å². The molecule has 0 spiro atoms. The number of aryl methyl sites for hydroxylation is 2. The van der Waals surface area contributed by atoms with Crippen LogP contribution in [-0.4, -0.2) is 13.4 Å². The minimum absolute atomic E-state index is 0.0358. The van der Waals surface area contributed by atoms with Gasteiger partial charge in [0.2, 0.25) is 0 Å². The molecule has 3 rings (SSSR count). The largest absolute Gasteiger partial charge is 0.462 e. The second-order valence-electron chi connectivity index (χ2n) is 5.58. The summed E-state index contributed by atoms with van der Waals surface area (Å²) in [6.45, 7) is 3.90. The van der Waals surface area contributed by atoms with E-state index in [1.807, 2.05) is 38.1 Å². The summed E-state index contributed by atoms with van der Waals surface area (Å²) in [4.78, 5) is 4.37. The van der Waals surface area contributed by atoms with Crippen molar-refractivity contribution < 1.29 is 12.8 Å². The first kappa shape index (κ1) is 16.0. The first-order valence-corrected chi connectivity index (χ1v) is 9.88. The molecule has 0 N–H and O–H groups in total. The molecule has 0 aliphatic heterocycles. The lowest BCUT2D eigenvalue weighted by atomic mass is 10.1. The molecule has 0 saturated carbocycles. The predicted octanol–water partition coefficient (Wildman–Crippen LogP) is 4.13.